The van der Waals surface area contributed by atoms with E-state index in [9.17, 15) is 4.79 Å². The van der Waals surface area contributed by atoms with Crippen molar-refractivity contribution in [3.8, 4) is 0 Å². The Labute approximate surface area is 147 Å². The highest BCUT2D eigenvalue weighted by Crippen LogP contribution is 2.31. The summed E-state index contributed by atoms with van der Waals surface area (Å²) in [6.07, 6.45) is 12.8. The summed E-state index contributed by atoms with van der Waals surface area (Å²) in [5, 5.41) is 6.87. The summed E-state index contributed by atoms with van der Waals surface area (Å²) in [6.45, 7) is 2.58. The van der Waals surface area contributed by atoms with Crippen molar-refractivity contribution in [2.45, 2.75) is 25.3 Å². The molecule has 0 fully saturated rings. The van der Waals surface area contributed by atoms with Crippen molar-refractivity contribution in [3.05, 3.63) is 64.9 Å². The van der Waals surface area contributed by atoms with E-state index in [-0.39, 0.29) is 12.3 Å². The van der Waals surface area contributed by atoms with Gasteiger partial charge in [0.25, 0.3) is 0 Å². The molecule has 1 amide bonds. The molecule has 1 atom stereocenters. The number of aliphatic imine (C=N–C) groups is 1. The van der Waals surface area contributed by atoms with E-state index in [1.807, 2.05) is 49.7 Å². The Kier molecular flexibility index (Phi) is 4.86. The molecule has 0 saturated heterocycles. The number of allylic oxidation sites excluding steroid dienone is 2. The molecule has 24 heavy (non-hydrogen) atoms. The van der Waals surface area contributed by atoms with Gasteiger partial charge < -0.3 is 10.6 Å². The molecule has 2 N–H and O–H groups in total. The van der Waals surface area contributed by atoms with Crippen molar-refractivity contribution in [3.63, 3.8) is 0 Å². The molecule has 0 bridgehead atoms. The van der Waals surface area contributed by atoms with E-state index in [0.717, 1.165) is 17.6 Å². The molecule has 2 heterocycles. The average molecular weight is 342 g/mol. The summed E-state index contributed by atoms with van der Waals surface area (Å²) in [5.41, 5.74) is 2.26. The molecule has 0 spiro atoms. The zero-order valence-electron chi connectivity index (χ0n) is 13.6. The lowest BCUT2D eigenvalue weighted by Gasteiger charge is -2.35. The number of nitrogens with one attached hydrogen (secondary N) is 2. The smallest absolute Gasteiger partial charge is 0.227 e. The molecule has 0 saturated carbocycles. The van der Waals surface area contributed by atoms with Gasteiger partial charge in [-0.15, -0.1) is 0 Å². The van der Waals surface area contributed by atoms with Gasteiger partial charge in [0.1, 0.15) is 0 Å². The van der Waals surface area contributed by atoms with Gasteiger partial charge in [-0.25, -0.2) is 0 Å². The van der Waals surface area contributed by atoms with Crippen LogP contribution in [0, 0.1) is 6.92 Å². The van der Waals surface area contributed by atoms with E-state index < -0.39 is 5.54 Å². The van der Waals surface area contributed by atoms with E-state index in [1.165, 1.54) is 0 Å². The van der Waals surface area contributed by atoms with Gasteiger partial charge in [0.15, 0.2) is 0 Å². The van der Waals surface area contributed by atoms with Crippen molar-refractivity contribution in [2.24, 2.45) is 4.99 Å². The number of carbonyl (C=O) groups excluding carboxylic acids is 1. The lowest BCUT2D eigenvalue weighted by Crippen LogP contribution is -2.46. The van der Waals surface area contributed by atoms with E-state index in [0.29, 0.717) is 17.3 Å². The van der Waals surface area contributed by atoms with E-state index in [2.05, 4.69) is 21.7 Å². The monoisotopic (exact) mass is 341 g/mol. The number of amides is 1. The number of anilines is 1. The fourth-order valence-corrected chi connectivity index (χ4v) is 3.29. The first-order valence-corrected chi connectivity index (χ1v) is 8.33. The van der Waals surface area contributed by atoms with Crippen LogP contribution in [0.2, 0.25) is 5.02 Å². The quantitative estimate of drug-likeness (QED) is 0.819. The summed E-state index contributed by atoms with van der Waals surface area (Å²) < 4.78 is 0. The minimum absolute atomic E-state index is 0.0814. The first-order valence-electron chi connectivity index (χ1n) is 7.95. The van der Waals surface area contributed by atoms with Crippen molar-refractivity contribution >= 4 is 29.4 Å². The molecule has 0 radical (unpaired) electrons. The Balaban J connectivity index is 1.81. The zero-order chi connectivity index (χ0) is 17.0. The average Bonchev–Trinajstić information content (AvgIpc) is 2.60. The molecule has 0 unspecified atom stereocenters. The minimum Gasteiger partial charge on any atom is -0.378 e. The topological polar surface area (TPSA) is 53.5 Å². The molecular weight excluding hydrogens is 322 g/mol. The van der Waals surface area contributed by atoms with Gasteiger partial charge >= 0.3 is 0 Å². The lowest BCUT2D eigenvalue weighted by molar-refractivity contribution is -0.116. The number of rotatable bonds is 4. The van der Waals surface area contributed by atoms with E-state index in [1.54, 1.807) is 6.07 Å². The van der Waals surface area contributed by atoms with Crippen LogP contribution in [0.1, 0.15) is 18.4 Å². The normalized spacial score (nSPS) is 22.0. The van der Waals surface area contributed by atoms with Gasteiger partial charge in [0.05, 0.1) is 29.2 Å². The first-order chi connectivity index (χ1) is 11.6. The molecule has 124 valence electrons. The molecule has 2 aliphatic heterocycles. The molecule has 0 aliphatic carbocycles. The molecule has 2 aliphatic rings. The van der Waals surface area contributed by atoms with Crippen molar-refractivity contribution in [1.29, 1.82) is 0 Å². The van der Waals surface area contributed by atoms with Crippen LogP contribution in [0.15, 0.2) is 59.3 Å². The number of hydrogen-bond donors (Lipinski definition) is 2. The second kappa shape index (κ2) is 7.05. The summed E-state index contributed by atoms with van der Waals surface area (Å²) >= 11 is 6.22. The number of benzene rings is 1. The van der Waals surface area contributed by atoms with Crippen LogP contribution in [0.4, 0.5) is 5.69 Å². The predicted octanol–water partition coefficient (Wildman–Crippen LogP) is 3.79. The van der Waals surface area contributed by atoms with Gasteiger partial charge in [-0.3, -0.25) is 9.79 Å². The first kappa shape index (κ1) is 16.5. The third kappa shape index (κ3) is 3.44. The standard InChI is InChI=1S/C19H20ClN3O/c1-14-5-4-6-16(20)18(14)23-17(24)13-19(9-2-3-10-22-19)15-7-11-21-12-8-15/h2-7,9-10,12,22H,8,11,13H2,1H3,(H,23,24)/t19-/m0/s1. The zero-order valence-corrected chi connectivity index (χ0v) is 14.3. The van der Waals surface area contributed by atoms with Gasteiger partial charge in [-0.05, 0) is 36.4 Å². The lowest BCUT2D eigenvalue weighted by atomic mass is 9.82. The third-order valence-corrected chi connectivity index (χ3v) is 4.63. The number of para-hydroxylation sites is 1. The second-order valence-electron chi connectivity index (χ2n) is 5.97. The van der Waals surface area contributed by atoms with Crippen LogP contribution in [0.5, 0.6) is 0 Å². The summed E-state index contributed by atoms with van der Waals surface area (Å²) in [5.74, 6) is -0.0814. The van der Waals surface area contributed by atoms with Crippen molar-refractivity contribution in [2.75, 3.05) is 11.9 Å². The van der Waals surface area contributed by atoms with Crippen LogP contribution < -0.4 is 10.6 Å². The summed E-state index contributed by atoms with van der Waals surface area (Å²) in [4.78, 5) is 16.9. The number of hydrogen-bond acceptors (Lipinski definition) is 3. The van der Waals surface area contributed by atoms with Gasteiger partial charge in [-0.1, -0.05) is 42.0 Å². The molecule has 1 aromatic rings. The molecule has 5 heteroatoms. The second-order valence-corrected chi connectivity index (χ2v) is 6.38. The van der Waals surface area contributed by atoms with Crippen LogP contribution in [-0.2, 0) is 4.79 Å². The Morgan fingerprint density at radius 2 is 2.29 bits per heavy atom. The number of nitrogens with zero attached hydrogens (tertiary/aromatic N) is 1. The Bertz CT molecular complexity index is 744. The van der Waals surface area contributed by atoms with Gasteiger partial charge in [-0.2, -0.15) is 0 Å². The number of aryl methyl sites for hydroxylation is 1. The predicted molar refractivity (Wildman–Crippen MR) is 99.6 cm³/mol. The highest BCUT2D eigenvalue weighted by atomic mass is 35.5. The van der Waals surface area contributed by atoms with Gasteiger partial charge in [0, 0.05) is 12.6 Å². The van der Waals surface area contributed by atoms with E-state index >= 15 is 0 Å². The highest BCUT2D eigenvalue weighted by molar-refractivity contribution is 6.33. The number of halogens is 1. The number of carbonyl (C=O) groups is 1. The molecule has 3 rings (SSSR count). The highest BCUT2D eigenvalue weighted by Gasteiger charge is 2.34. The Morgan fingerprint density at radius 1 is 1.42 bits per heavy atom. The fourth-order valence-electron chi connectivity index (χ4n) is 3.02. The summed E-state index contributed by atoms with van der Waals surface area (Å²) in [6, 6.07) is 5.58. The molecule has 0 aromatic heterocycles. The van der Waals surface area contributed by atoms with Crippen LogP contribution in [0.25, 0.3) is 0 Å². The minimum atomic E-state index is -0.513. The Morgan fingerprint density at radius 3 is 2.96 bits per heavy atom. The molecular formula is C19H20ClN3O. The molecule has 1 aromatic carbocycles. The van der Waals surface area contributed by atoms with Crippen LogP contribution in [0.3, 0.4) is 0 Å². The van der Waals surface area contributed by atoms with Crippen LogP contribution >= 0.6 is 11.6 Å². The van der Waals surface area contributed by atoms with Crippen LogP contribution in [-0.4, -0.2) is 24.2 Å². The maximum absolute atomic E-state index is 12.7. The van der Waals surface area contributed by atoms with Gasteiger partial charge in [0.2, 0.25) is 5.91 Å². The molecule has 4 nitrogen and oxygen atoms in total. The number of dihydropyridines is 2. The maximum atomic E-state index is 12.7. The fraction of sp³-hybridized carbons (Fsp3) is 0.263. The van der Waals surface area contributed by atoms with Crippen molar-refractivity contribution < 1.29 is 4.79 Å². The maximum Gasteiger partial charge on any atom is 0.227 e. The summed E-state index contributed by atoms with van der Waals surface area (Å²) in [7, 11) is 0. The third-order valence-electron chi connectivity index (χ3n) is 4.31. The largest absolute Gasteiger partial charge is 0.378 e. The van der Waals surface area contributed by atoms with E-state index in [4.69, 9.17) is 11.6 Å². The Hall–Kier alpha value is -2.33. The van der Waals surface area contributed by atoms with Crippen molar-refractivity contribution in [1.82, 2.24) is 5.32 Å². The SMILES string of the molecule is Cc1cccc(Cl)c1NC(=O)C[C@]1(C2=CCN=CC2)C=CC=CN1.